The zero-order valence-corrected chi connectivity index (χ0v) is 22.9. The van der Waals surface area contributed by atoms with Gasteiger partial charge in [0.1, 0.15) is 11.9 Å². The Bertz CT molecular complexity index is 1200. The summed E-state index contributed by atoms with van der Waals surface area (Å²) >= 11 is 1.53. The van der Waals surface area contributed by atoms with Crippen LogP contribution >= 0.6 is 11.8 Å². The fourth-order valence-electron chi connectivity index (χ4n) is 5.01. The average molecular weight is 533 g/mol. The van der Waals surface area contributed by atoms with Gasteiger partial charge in [-0.2, -0.15) is 0 Å². The fourth-order valence-corrected chi connectivity index (χ4v) is 6.00. The molecule has 6 heteroatoms. The van der Waals surface area contributed by atoms with Crippen LogP contribution in [0.1, 0.15) is 54.4 Å². The van der Waals surface area contributed by atoms with Gasteiger partial charge in [-0.3, -0.25) is 9.59 Å². The molecule has 0 unspecified atom stereocenters. The Morgan fingerprint density at radius 2 is 1.58 bits per heavy atom. The number of carbonyl (C=O) groups is 2. The molecule has 1 aliphatic carbocycles. The molecule has 0 aromatic heterocycles. The summed E-state index contributed by atoms with van der Waals surface area (Å²) in [6, 6.07) is 23.8. The van der Waals surface area contributed by atoms with Gasteiger partial charge in [-0.1, -0.05) is 92.1 Å². The van der Waals surface area contributed by atoms with E-state index in [4.69, 9.17) is 0 Å². The summed E-state index contributed by atoms with van der Waals surface area (Å²) in [6.45, 7) is 2.11. The zero-order chi connectivity index (χ0) is 26.7. The topological polar surface area (TPSA) is 49.4 Å². The van der Waals surface area contributed by atoms with E-state index in [1.54, 1.807) is 23.1 Å². The Hall–Kier alpha value is -3.12. The van der Waals surface area contributed by atoms with Crippen LogP contribution in [0.25, 0.3) is 0 Å². The maximum Gasteiger partial charge on any atom is 0.243 e. The Labute approximate surface area is 230 Å². The summed E-state index contributed by atoms with van der Waals surface area (Å²) in [6.07, 6.45) is 5.68. The number of hydrogen-bond acceptors (Lipinski definition) is 3. The predicted molar refractivity (Wildman–Crippen MR) is 153 cm³/mol. The van der Waals surface area contributed by atoms with E-state index >= 15 is 0 Å². The number of thioether (sulfide) groups is 1. The van der Waals surface area contributed by atoms with Gasteiger partial charge < -0.3 is 10.2 Å². The van der Waals surface area contributed by atoms with Gasteiger partial charge in [0.2, 0.25) is 11.8 Å². The first kappa shape index (κ1) is 27.9. The maximum absolute atomic E-state index is 14.8. The first-order valence-electron chi connectivity index (χ1n) is 13.5. The summed E-state index contributed by atoms with van der Waals surface area (Å²) in [5.41, 5.74) is 3.75. The molecule has 4 nitrogen and oxygen atoms in total. The van der Waals surface area contributed by atoms with Crippen LogP contribution in [0.5, 0.6) is 0 Å². The highest BCUT2D eigenvalue weighted by Crippen LogP contribution is 2.22. The third kappa shape index (κ3) is 7.94. The van der Waals surface area contributed by atoms with E-state index in [1.807, 2.05) is 42.5 Å². The molecule has 1 fully saturated rings. The van der Waals surface area contributed by atoms with Gasteiger partial charge >= 0.3 is 0 Å². The molecule has 0 saturated heterocycles. The van der Waals surface area contributed by atoms with E-state index in [-0.39, 0.29) is 36.0 Å². The van der Waals surface area contributed by atoms with Crippen molar-refractivity contribution in [3.8, 4) is 0 Å². The van der Waals surface area contributed by atoms with Crippen molar-refractivity contribution in [1.82, 2.24) is 10.2 Å². The van der Waals surface area contributed by atoms with Gasteiger partial charge in [-0.25, -0.2) is 4.39 Å². The van der Waals surface area contributed by atoms with Gasteiger partial charge in [-0.15, -0.1) is 11.8 Å². The predicted octanol–water partition coefficient (Wildman–Crippen LogP) is 6.46. The smallest absolute Gasteiger partial charge is 0.243 e. The molecule has 0 aliphatic heterocycles. The molecular weight excluding hydrogens is 495 g/mol. The van der Waals surface area contributed by atoms with Gasteiger partial charge in [0.25, 0.3) is 0 Å². The van der Waals surface area contributed by atoms with Crippen molar-refractivity contribution in [2.24, 2.45) is 0 Å². The van der Waals surface area contributed by atoms with Gasteiger partial charge in [0.05, 0.1) is 5.75 Å². The molecule has 1 atom stereocenters. The molecule has 1 saturated carbocycles. The Morgan fingerprint density at radius 1 is 0.921 bits per heavy atom. The third-order valence-corrected chi connectivity index (χ3v) is 8.23. The van der Waals surface area contributed by atoms with Crippen molar-refractivity contribution in [2.45, 2.75) is 69.8 Å². The number of halogens is 1. The summed E-state index contributed by atoms with van der Waals surface area (Å²) < 4.78 is 14.8. The lowest BCUT2D eigenvalue weighted by molar-refractivity contribution is -0.139. The van der Waals surface area contributed by atoms with Crippen molar-refractivity contribution in [2.75, 3.05) is 5.75 Å². The summed E-state index contributed by atoms with van der Waals surface area (Å²) in [4.78, 5) is 29.1. The van der Waals surface area contributed by atoms with E-state index in [0.717, 1.165) is 31.2 Å². The van der Waals surface area contributed by atoms with E-state index in [1.165, 1.54) is 35.4 Å². The highest BCUT2D eigenvalue weighted by atomic mass is 32.2. The lowest BCUT2D eigenvalue weighted by Crippen LogP contribution is -2.53. The molecule has 2 amide bonds. The number of rotatable bonds is 11. The van der Waals surface area contributed by atoms with Crippen LogP contribution in [0.4, 0.5) is 4.39 Å². The molecular formula is C32H37FN2O2S. The molecule has 1 N–H and O–H groups in total. The minimum Gasteiger partial charge on any atom is -0.352 e. The van der Waals surface area contributed by atoms with Gasteiger partial charge in [0.15, 0.2) is 0 Å². The largest absolute Gasteiger partial charge is 0.352 e. The molecule has 3 aromatic carbocycles. The fraction of sp³-hybridized carbons (Fsp3) is 0.375. The Balaban J connectivity index is 1.58. The van der Waals surface area contributed by atoms with Crippen LogP contribution in [0.15, 0.2) is 78.9 Å². The highest BCUT2D eigenvalue weighted by Gasteiger charge is 2.32. The average Bonchev–Trinajstić information content (AvgIpc) is 2.93. The summed E-state index contributed by atoms with van der Waals surface area (Å²) in [5.74, 6) is 0.221. The maximum atomic E-state index is 14.8. The van der Waals surface area contributed by atoms with Crippen LogP contribution in [-0.4, -0.2) is 34.6 Å². The molecule has 4 rings (SSSR count). The molecule has 200 valence electrons. The number of nitrogens with one attached hydrogen (secondary N) is 1. The van der Waals surface area contributed by atoms with Crippen LogP contribution in [0.2, 0.25) is 0 Å². The van der Waals surface area contributed by atoms with E-state index in [0.29, 0.717) is 17.7 Å². The molecule has 0 bridgehead atoms. The van der Waals surface area contributed by atoms with Crippen LogP contribution in [0.3, 0.4) is 0 Å². The lowest BCUT2D eigenvalue weighted by Gasteiger charge is -2.33. The first-order valence-corrected chi connectivity index (χ1v) is 14.7. The normalized spacial score (nSPS) is 14.6. The molecule has 1 aliphatic rings. The molecule has 0 radical (unpaired) electrons. The highest BCUT2D eigenvalue weighted by molar-refractivity contribution is 7.99. The lowest BCUT2D eigenvalue weighted by atomic mass is 9.94. The second kappa shape index (κ2) is 14.1. The quantitative estimate of drug-likeness (QED) is 0.309. The van der Waals surface area contributed by atoms with E-state index in [2.05, 4.69) is 24.4 Å². The monoisotopic (exact) mass is 532 g/mol. The van der Waals surface area contributed by atoms with Crippen LogP contribution in [0, 0.1) is 12.7 Å². The van der Waals surface area contributed by atoms with Crippen molar-refractivity contribution >= 4 is 23.6 Å². The molecule has 0 spiro atoms. The van der Waals surface area contributed by atoms with Crippen molar-refractivity contribution in [3.05, 3.63) is 107 Å². The number of amides is 2. The van der Waals surface area contributed by atoms with Crippen molar-refractivity contribution in [3.63, 3.8) is 0 Å². The van der Waals surface area contributed by atoms with Crippen LogP contribution in [-0.2, 0) is 28.3 Å². The zero-order valence-electron chi connectivity index (χ0n) is 22.1. The van der Waals surface area contributed by atoms with Crippen molar-refractivity contribution in [1.29, 1.82) is 0 Å². The number of benzene rings is 3. The van der Waals surface area contributed by atoms with E-state index < -0.39 is 6.04 Å². The first-order chi connectivity index (χ1) is 18.5. The SMILES string of the molecule is Cc1ccccc1CSCC(=O)N(Cc1ccccc1F)[C@H](Cc1ccccc1)C(=O)NC1CCCCC1. The summed E-state index contributed by atoms with van der Waals surface area (Å²) in [5, 5.41) is 3.23. The van der Waals surface area contributed by atoms with Gasteiger partial charge in [-0.05, 0) is 42.5 Å². The number of aryl methyl sites for hydroxylation is 1. The Morgan fingerprint density at radius 3 is 2.29 bits per heavy atom. The van der Waals surface area contributed by atoms with Crippen molar-refractivity contribution < 1.29 is 14.0 Å². The molecule has 0 heterocycles. The molecule has 38 heavy (non-hydrogen) atoms. The minimum absolute atomic E-state index is 0.0476. The Kier molecular flexibility index (Phi) is 10.4. The second-order valence-electron chi connectivity index (χ2n) is 10.1. The number of nitrogens with zero attached hydrogens (tertiary/aromatic N) is 1. The van der Waals surface area contributed by atoms with Gasteiger partial charge in [0, 0.05) is 30.3 Å². The third-order valence-electron chi connectivity index (χ3n) is 7.27. The number of hydrogen-bond donors (Lipinski definition) is 1. The summed E-state index contributed by atoms with van der Waals surface area (Å²) in [7, 11) is 0. The van der Waals surface area contributed by atoms with Crippen LogP contribution < -0.4 is 5.32 Å². The molecule has 3 aromatic rings. The number of carbonyl (C=O) groups excluding carboxylic acids is 2. The standard InChI is InChI=1S/C32H37FN2O2S/c1-24-12-8-9-16-27(24)22-38-23-31(36)35(21-26-15-10-11-19-29(26)33)30(20-25-13-4-2-5-14-25)32(37)34-28-17-6-3-7-18-28/h2,4-5,8-16,19,28,30H,3,6-7,17-18,20-23H2,1H3,(H,34,37)/t30-/m1/s1. The minimum atomic E-state index is -0.731. The van der Waals surface area contributed by atoms with E-state index in [9.17, 15) is 14.0 Å². The second-order valence-corrected chi connectivity index (χ2v) is 11.1.